The lowest BCUT2D eigenvalue weighted by molar-refractivity contribution is -0.117. The summed E-state index contributed by atoms with van der Waals surface area (Å²) in [6.45, 7) is 3.34. The molecule has 0 fully saturated rings. The third-order valence-corrected chi connectivity index (χ3v) is 4.47. The predicted molar refractivity (Wildman–Crippen MR) is 97.0 cm³/mol. The fourth-order valence-electron chi connectivity index (χ4n) is 3.24. The molecule has 1 aliphatic heterocycles. The zero-order valence-corrected chi connectivity index (χ0v) is 15.0. The number of aromatic nitrogens is 1. The Labute approximate surface area is 159 Å². The second-order valence-corrected chi connectivity index (χ2v) is 6.47. The molecule has 1 unspecified atom stereocenters. The summed E-state index contributed by atoms with van der Waals surface area (Å²) in [5.41, 5.74) is 0.260. The fourth-order valence-corrected chi connectivity index (χ4v) is 3.24. The molecule has 0 radical (unpaired) electrons. The number of carbonyl (C=O) groups is 2. The number of rotatable bonds is 4. The zero-order valence-electron chi connectivity index (χ0n) is 15.0. The third kappa shape index (κ3) is 2.75. The number of aryl methyl sites for hydroxylation is 2. The van der Waals surface area contributed by atoms with E-state index >= 15 is 0 Å². The van der Waals surface area contributed by atoms with Crippen molar-refractivity contribution in [3.8, 4) is 5.75 Å². The van der Waals surface area contributed by atoms with Crippen molar-refractivity contribution in [1.82, 2.24) is 5.16 Å². The zero-order chi connectivity index (χ0) is 20.0. The predicted octanol–water partition coefficient (Wildman–Crippen LogP) is 3.37. The molecule has 142 valence electrons. The van der Waals surface area contributed by atoms with E-state index in [1.807, 2.05) is 0 Å². The van der Waals surface area contributed by atoms with Crippen LogP contribution in [-0.4, -0.2) is 27.1 Å². The van der Waals surface area contributed by atoms with Gasteiger partial charge in [0.2, 0.25) is 5.78 Å². The summed E-state index contributed by atoms with van der Waals surface area (Å²) in [5, 5.41) is 24.3. The van der Waals surface area contributed by atoms with E-state index in [1.165, 1.54) is 24.3 Å². The molecule has 1 amide bonds. The van der Waals surface area contributed by atoms with E-state index in [9.17, 15) is 19.8 Å². The SMILES string of the molecule is Cc1cc(N2C(=O)C(O)=C(C(=O)c3ccc(C)o3)C2c2cccc(O)c2)no1. The largest absolute Gasteiger partial charge is 0.508 e. The van der Waals surface area contributed by atoms with E-state index in [1.54, 1.807) is 32.0 Å². The Bertz CT molecular complexity index is 1120. The van der Waals surface area contributed by atoms with E-state index in [0.717, 1.165) is 4.90 Å². The van der Waals surface area contributed by atoms with Gasteiger partial charge in [-0.1, -0.05) is 17.3 Å². The first-order valence-electron chi connectivity index (χ1n) is 8.47. The molecule has 0 saturated heterocycles. The second kappa shape index (κ2) is 6.41. The minimum absolute atomic E-state index is 0.00446. The number of phenols is 1. The van der Waals surface area contributed by atoms with Gasteiger partial charge in [-0.25, -0.2) is 0 Å². The summed E-state index contributed by atoms with van der Waals surface area (Å²) in [6.07, 6.45) is 0. The van der Waals surface area contributed by atoms with Crippen LogP contribution in [0.4, 0.5) is 5.82 Å². The van der Waals surface area contributed by atoms with Crippen LogP contribution in [0.5, 0.6) is 5.75 Å². The quantitative estimate of drug-likeness (QED) is 0.666. The minimum Gasteiger partial charge on any atom is -0.508 e. The molecule has 3 heterocycles. The molecule has 0 aliphatic carbocycles. The normalized spacial score (nSPS) is 16.9. The van der Waals surface area contributed by atoms with Crippen LogP contribution in [-0.2, 0) is 4.79 Å². The van der Waals surface area contributed by atoms with Gasteiger partial charge >= 0.3 is 0 Å². The number of aliphatic hydroxyl groups is 1. The van der Waals surface area contributed by atoms with Crippen LogP contribution in [0.25, 0.3) is 0 Å². The van der Waals surface area contributed by atoms with Crippen LogP contribution in [0.3, 0.4) is 0 Å². The Kier molecular flexibility index (Phi) is 4.03. The van der Waals surface area contributed by atoms with Gasteiger partial charge in [-0.15, -0.1) is 0 Å². The molecule has 0 spiro atoms. The van der Waals surface area contributed by atoms with Gasteiger partial charge in [0.15, 0.2) is 17.3 Å². The van der Waals surface area contributed by atoms with Crippen molar-refractivity contribution in [3.63, 3.8) is 0 Å². The number of hydrogen-bond donors (Lipinski definition) is 2. The number of benzene rings is 1. The number of carbonyl (C=O) groups excluding carboxylic acids is 2. The van der Waals surface area contributed by atoms with Crippen LogP contribution in [0, 0.1) is 13.8 Å². The molecule has 8 nitrogen and oxygen atoms in total. The Morgan fingerprint density at radius 3 is 2.50 bits per heavy atom. The highest BCUT2D eigenvalue weighted by atomic mass is 16.5. The first-order chi connectivity index (χ1) is 13.4. The van der Waals surface area contributed by atoms with E-state index in [0.29, 0.717) is 17.1 Å². The summed E-state index contributed by atoms with van der Waals surface area (Å²) in [6, 6.07) is 9.69. The first kappa shape index (κ1) is 17.6. The Morgan fingerprint density at radius 2 is 1.89 bits per heavy atom. The maximum atomic E-state index is 13.1. The van der Waals surface area contributed by atoms with E-state index in [4.69, 9.17) is 8.94 Å². The number of anilines is 1. The standard InChI is InChI=1S/C20H16N2O6/c1-10-6-7-14(27-10)18(24)16-17(12-4-3-5-13(23)9-12)22(20(26)19(16)25)15-8-11(2)28-21-15/h3-9,17,23,25H,1-2H3. The average Bonchev–Trinajstić information content (AvgIpc) is 3.34. The summed E-state index contributed by atoms with van der Waals surface area (Å²) in [7, 11) is 0. The van der Waals surface area contributed by atoms with Crippen molar-refractivity contribution < 1.29 is 28.7 Å². The molecule has 3 aromatic rings. The van der Waals surface area contributed by atoms with Gasteiger partial charge in [0, 0.05) is 6.07 Å². The number of amides is 1. The molecule has 1 aromatic carbocycles. The molecule has 0 bridgehead atoms. The van der Waals surface area contributed by atoms with Crippen LogP contribution in [0.1, 0.15) is 33.7 Å². The summed E-state index contributed by atoms with van der Waals surface area (Å²) in [5.74, 6) is -1.07. The highest BCUT2D eigenvalue weighted by Crippen LogP contribution is 2.42. The first-order valence-corrected chi connectivity index (χ1v) is 8.47. The van der Waals surface area contributed by atoms with Gasteiger partial charge < -0.3 is 19.2 Å². The van der Waals surface area contributed by atoms with E-state index in [2.05, 4.69) is 5.16 Å². The Morgan fingerprint density at radius 1 is 1.11 bits per heavy atom. The number of Topliss-reactive ketones (excluding diaryl/α,β-unsaturated/α-hetero) is 1. The number of ketones is 1. The maximum absolute atomic E-state index is 13.1. The molecule has 0 saturated carbocycles. The van der Waals surface area contributed by atoms with Crippen molar-refractivity contribution in [2.24, 2.45) is 0 Å². The van der Waals surface area contributed by atoms with Crippen LogP contribution in [0.15, 0.2) is 62.7 Å². The van der Waals surface area contributed by atoms with Crippen molar-refractivity contribution in [1.29, 1.82) is 0 Å². The third-order valence-electron chi connectivity index (χ3n) is 4.47. The highest BCUT2D eigenvalue weighted by Gasteiger charge is 2.46. The summed E-state index contributed by atoms with van der Waals surface area (Å²) in [4.78, 5) is 27.1. The van der Waals surface area contributed by atoms with Gasteiger partial charge in [0.25, 0.3) is 5.91 Å². The Hall–Kier alpha value is -3.81. The van der Waals surface area contributed by atoms with Gasteiger partial charge in [0.1, 0.15) is 17.3 Å². The van der Waals surface area contributed by atoms with Gasteiger partial charge in [-0.05, 0) is 43.7 Å². The maximum Gasteiger partial charge on any atom is 0.295 e. The van der Waals surface area contributed by atoms with Crippen molar-refractivity contribution >= 4 is 17.5 Å². The van der Waals surface area contributed by atoms with E-state index in [-0.39, 0.29) is 22.9 Å². The lowest BCUT2D eigenvalue weighted by Crippen LogP contribution is -2.31. The number of phenolic OH excluding ortho intramolecular Hbond substituents is 1. The van der Waals surface area contributed by atoms with E-state index < -0.39 is 23.5 Å². The lowest BCUT2D eigenvalue weighted by Gasteiger charge is -2.24. The summed E-state index contributed by atoms with van der Waals surface area (Å²) >= 11 is 0. The number of nitrogens with zero attached hydrogens (tertiary/aromatic N) is 2. The van der Waals surface area contributed by atoms with Gasteiger partial charge in [-0.2, -0.15) is 0 Å². The second-order valence-electron chi connectivity index (χ2n) is 6.47. The topological polar surface area (TPSA) is 117 Å². The van der Waals surface area contributed by atoms with Crippen LogP contribution < -0.4 is 4.90 Å². The number of furan rings is 1. The van der Waals surface area contributed by atoms with Crippen molar-refractivity contribution in [3.05, 3.63) is 76.6 Å². The number of hydrogen-bond acceptors (Lipinski definition) is 7. The molecule has 28 heavy (non-hydrogen) atoms. The van der Waals surface area contributed by atoms with Crippen molar-refractivity contribution in [2.45, 2.75) is 19.9 Å². The number of aliphatic hydroxyl groups excluding tert-OH is 1. The molecule has 2 aromatic heterocycles. The average molecular weight is 380 g/mol. The number of aromatic hydroxyl groups is 1. The molecule has 8 heteroatoms. The molecule has 1 atom stereocenters. The van der Waals surface area contributed by atoms with Gasteiger partial charge in [0.05, 0.1) is 11.6 Å². The molecular weight excluding hydrogens is 364 g/mol. The lowest BCUT2D eigenvalue weighted by atomic mass is 9.95. The van der Waals surface area contributed by atoms with Gasteiger partial charge in [-0.3, -0.25) is 14.5 Å². The van der Waals surface area contributed by atoms with Crippen LogP contribution >= 0.6 is 0 Å². The molecule has 1 aliphatic rings. The monoisotopic (exact) mass is 380 g/mol. The van der Waals surface area contributed by atoms with Crippen molar-refractivity contribution in [2.75, 3.05) is 4.90 Å². The molecule has 4 rings (SSSR count). The minimum atomic E-state index is -1.01. The fraction of sp³-hybridized carbons (Fsp3) is 0.150. The summed E-state index contributed by atoms with van der Waals surface area (Å²) < 4.78 is 10.4. The molecular formula is C20H16N2O6. The van der Waals surface area contributed by atoms with Crippen LogP contribution in [0.2, 0.25) is 0 Å². The highest BCUT2D eigenvalue weighted by molar-refractivity contribution is 6.19. The smallest absolute Gasteiger partial charge is 0.295 e. The molecule has 2 N–H and O–H groups in total. The Balaban J connectivity index is 1.89.